The number of benzene rings is 1. The Labute approximate surface area is 110 Å². The van der Waals surface area contributed by atoms with Crippen LogP contribution in [0.5, 0.6) is 0 Å². The van der Waals surface area contributed by atoms with Crippen molar-refractivity contribution in [1.82, 2.24) is 0 Å². The third-order valence-electron chi connectivity index (χ3n) is 3.31. The molecule has 1 aromatic rings. The van der Waals surface area contributed by atoms with Gasteiger partial charge >= 0.3 is 0 Å². The summed E-state index contributed by atoms with van der Waals surface area (Å²) in [6, 6.07) is 11.1. The van der Waals surface area contributed by atoms with Crippen LogP contribution >= 0.6 is 0 Å². The first kappa shape index (κ1) is 11.2. The second-order valence-corrected chi connectivity index (χ2v) is 4.30. The Morgan fingerprint density at radius 1 is 1.21 bits per heavy atom. The predicted molar refractivity (Wildman–Crippen MR) is 67.7 cm³/mol. The van der Waals surface area contributed by atoms with Gasteiger partial charge in [-0.05, 0) is 5.56 Å². The third kappa shape index (κ3) is 1.53. The zero-order valence-corrected chi connectivity index (χ0v) is 9.84. The van der Waals surface area contributed by atoms with Gasteiger partial charge in [0, 0.05) is 28.7 Å². The van der Waals surface area contributed by atoms with Crippen LogP contribution in [0.1, 0.15) is 21.8 Å². The molecule has 0 saturated carbocycles. The number of hydrogen-bond donors (Lipinski definition) is 0. The number of allylic oxidation sites excluding steroid dienone is 6. The topological polar surface area (TPSA) is 64.7 Å². The van der Waals surface area contributed by atoms with Crippen LogP contribution in [0.2, 0.25) is 0 Å². The standard InChI is InChI=1S/C16H7N2O/c17-8-11(9-18)10-5-6-13-12-3-1-2-4-14(12)16(19)15(13)7-10/h1-6,13H. The van der Waals surface area contributed by atoms with Crippen molar-refractivity contribution in [2.45, 2.75) is 5.92 Å². The number of carbonyl (C=O) groups excluding carboxylic acids is 1. The van der Waals surface area contributed by atoms with E-state index in [1.807, 2.05) is 36.4 Å². The van der Waals surface area contributed by atoms with Crippen LogP contribution in [0, 0.1) is 28.7 Å². The third-order valence-corrected chi connectivity index (χ3v) is 3.31. The molecule has 3 heteroatoms. The monoisotopic (exact) mass is 243 g/mol. The van der Waals surface area contributed by atoms with Crippen molar-refractivity contribution in [1.29, 1.82) is 10.5 Å². The number of nitrogens with zero attached hydrogens (tertiary/aromatic N) is 2. The zero-order valence-electron chi connectivity index (χ0n) is 9.84. The number of rotatable bonds is 0. The summed E-state index contributed by atoms with van der Waals surface area (Å²) in [5.74, 6) is -0.177. The molecule has 0 aliphatic heterocycles. The van der Waals surface area contributed by atoms with Crippen LogP contribution in [-0.2, 0) is 0 Å². The molecule has 0 fully saturated rings. The van der Waals surface area contributed by atoms with Crippen LogP contribution in [0.3, 0.4) is 0 Å². The van der Waals surface area contributed by atoms with Gasteiger partial charge in [-0.25, -0.2) is 0 Å². The van der Waals surface area contributed by atoms with E-state index >= 15 is 0 Å². The SMILES string of the molecule is N#CC(C#N)=C1[C]=C2C(=O)c3ccccc3C2C=C1. The molecular formula is C16H7N2O. The van der Waals surface area contributed by atoms with Gasteiger partial charge in [0.05, 0.1) is 0 Å². The average molecular weight is 243 g/mol. The lowest BCUT2D eigenvalue weighted by Gasteiger charge is -2.12. The molecule has 87 valence electrons. The fraction of sp³-hybridized carbons (Fsp3) is 0.0625. The van der Waals surface area contributed by atoms with Gasteiger partial charge in [-0.2, -0.15) is 10.5 Å². The van der Waals surface area contributed by atoms with Gasteiger partial charge < -0.3 is 0 Å². The molecular weight excluding hydrogens is 236 g/mol. The summed E-state index contributed by atoms with van der Waals surface area (Å²) >= 11 is 0. The summed E-state index contributed by atoms with van der Waals surface area (Å²) in [6.07, 6.45) is 6.46. The maximum absolute atomic E-state index is 12.3. The highest BCUT2D eigenvalue weighted by molar-refractivity contribution is 6.15. The van der Waals surface area contributed by atoms with E-state index in [9.17, 15) is 4.79 Å². The fourth-order valence-electron chi connectivity index (χ4n) is 2.42. The number of carbonyl (C=O) groups is 1. The van der Waals surface area contributed by atoms with Crippen LogP contribution in [0.15, 0.2) is 53.1 Å². The Bertz CT molecular complexity index is 751. The average Bonchev–Trinajstić information content (AvgIpc) is 2.74. The molecule has 0 N–H and O–H groups in total. The summed E-state index contributed by atoms with van der Waals surface area (Å²) in [5.41, 5.74) is 2.52. The second kappa shape index (κ2) is 4.08. The summed E-state index contributed by atoms with van der Waals surface area (Å²) in [5, 5.41) is 17.7. The highest BCUT2D eigenvalue weighted by atomic mass is 16.1. The first-order chi connectivity index (χ1) is 9.26. The Kier molecular flexibility index (Phi) is 2.41. The molecule has 1 aromatic carbocycles. The number of hydrogen-bond acceptors (Lipinski definition) is 3. The van der Waals surface area contributed by atoms with E-state index in [0.29, 0.717) is 16.7 Å². The van der Waals surface area contributed by atoms with Crippen molar-refractivity contribution in [3.63, 3.8) is 0 Å². The number of fused-ring (bicyclic) bond motifs is 3. The van der Waals surface area contributed by atoms with Gasteiger partial charge in [-0.3, -0.25) is 4.79 Å². The van der Waals surface area contributed by atoms with Gasteiger partial charge in [-0.15, -0.1) is 0 Å². The highest BCUT2D eigenvalue weighted by Crippen LogP contribution is 2.41. The van der Waals surface area contributed by atoms with E-state index in [1.165, 1.54) is 0 Å². The molecule has 0 aromatic heterocycles. The molecule has 1 radical (unpaired) electrons. The molecule has 1 atom stereocenters. The summed E-state index contributed by atoms with van der Waals surface area (Å²) < 4.78 is 0. The normalized spacial score (nSPS) is 19.1. The lowest BCUT2D eigenvalue weighted by atomic mass is 9.89. The van der Waals surface area contributed by atoms with Gasteiger partial charge in [0.15, 0.2) is 5.78 Å². The Hall–Kier alpha value is -2.91. The summed E-state index contributed by atoms with van der Waals surface area (Å²) in [7, 11) is 0. The van der Waals surface area contributed by atoms with Crippen molar-refractivity contribution in [2.24, 2.45) is 0 Å². The van der Waals surface area contributed by atoms with Gasteiger partial charge in [0.2, 0.25) is 0 Å². The molecule has 0 spiro atoms. The molecule has 2 aliphatic rings. The van der Waals surface area contributed by atoms with E-state index in [0.717, 1.165) is 5.56 Å². The number of nitriles is 2. The Balaban J connectivity index is 2.18. The van der Waals surface area contributed by atoms with Crippen molar-refractivity contribution in [2.75, 3.05) is 0 Å². The van der Waals surface area contributed by atoms with Crippen LogP contribution < -0.4 is 0 Å². The number of Topliss-reactive ketones (excluding diaryl/α,β-unsaturated/α-hetero) is 1. The van der Waals surface area contributed by atoms with Crippen LogP contribution in [0.25, 0.3) is 0 Å². The molecule has 3 nitrogen and oxygen atoms in total. The molecule has 1 unspecified atom stereocenters. The van der Waals surface area contributed by atoms with Crippen molar-refractivity contribution >= 4 is 5.78 Å². The van der Waals surface area contributed by atoms with Crippen LogP contribution in [0.4, 0.5) is 0 Å². The molecule has 3 rings (SSSR count). The first-order valence-electron chi connectivity index (χ1n) is 5.76. The lowest BCUT2D eigenvalue weighted by Crippen LogP contribution is -2.03. The summed E-state index contributed by atoms with van der Waals surface area (Å²) in [6.45, 7) is 0. The molecule has 0 heterocycles. The zero-order chi connectivity index (χ0) is 13.4. The van der Waals surface area contributed by atoms with Crippen molar-refractivity contribution < 1.29 is 4.79 Å². The van der Waals surface area contributed by atoms with Crippen LogP contribution in [-0.4, -0.2) is 5.78 Å². The van der Waals surface area contributed by atoms with Gasteiger partial charge in [0.25, 0.3) is 0 Å². The van der Waals surface area contributed by atoms with Crippen molar-refractivity contribution in [3.8, 4) is 12.1 Å². The Morgan fingerprint density at radius 2 is 1.95 bits per heavy atom. The first-order valence-corrected chi connectivity index (χ1v) is 5.76. The van der Waals surface area contributed by atoms with E-state index in [1.54, 1.807) is 12.1 Å². The number of ketones is 1. The quantitative estimate of drug-likeness (QED) is 0.658. The Morgan fingerprint density at radius 3 is 2.68 bits per heavy atom. The largest absolute Gasteiger partial charge is 0.289 e. The van der Waals surface area contributed by atoms with Crippen molar-refractivity contribution in [3.05, 3.63) is 70.3 Å². The minimum Gasteiger partial charge on any atom is -0.289 e. The molecule has 0 bridgehead atoms. The maximum Gasteiger partial charge on any atom is 0.190 e. The van der Waals surface area contributed by atoms with E-state index in [2.05, 4.69) is 6.08 Å². The lowest BCUT2D eigenvalue weighted by molar-refractivity contribution is 0.103. The molecule has 19 heavy (non-hydrogen) atoms. The highest BCUT2D eigenvalue weighted by Gasteiger charge is 2.34. The predicted octanol–water partition coefficient (Wildman–Crippen LogP) is 2.61. The van der Waals surface area contributed by atoms with E-state index < -0.39 is 0 Å². The minimum atomic E-state index is -0.105. The smallest absolute Gasteiger partial charge is 0.190 e. The van der Waals surface area contributed by atoms with Gasteiger partial charge in [-0.1, -0.05) is 36.4 Å². The van der Waals surface area contributed by atoms with E-state index in [4.69, 9.17) is 10.5 Å². The second-order valence-electron chi connectivity index (χ2n) is 4.30. The molecule has 0 saturated heterocycles. The fourth-order valence-corrected chi connectivity index (χ4v) is 2.42. The van der Waals surface area contributed by atoms with E-state index in [-0.39, 0.29) is 17.3 Å². The molecule has 0 amide bonds. The van der Waals surface area contributed by atoms with Gasteiger partial charge in [0.1, 0.15) is 17.7 Å². The summed E-state index contributed by atoms with van der Waals surface area (Å²) in [4.78, 5) is 12.3. The maximum atomic E-state index is 12.3. The minimum absolute atomic E-state index is 0.0223. The molecule has 2 aliphatic carbocycles.